The van der Waals surface area contributed by atoms with Gasteiger partial charge in [-0.2, -0.15) is 0 Å². The van der Waals surface area contributed by atoms with Crippen molar-refractivity contribution in [2.75, 3.05) is 12.4 Å². The summed E-state index contributed by atoms with van der Waals surface area (Å²) in [6.07, 6.45) is -1.16. The minimum absolute atomic E-state index is 0.262. The van der Waals surface area contributed by atoms with Gasteiger partial charge in [0, 0.05) is 21.8 Å². The average molecular weight is 386 g/mol. The van der Waals surface area contributed by atoms with E-state index in [-0.39, 0.29) is 11.3 Å². The lowest BCUT2D eigenvalue weighted by Crippen LogP contribution is -2.30. The van der Waals surface area contributed by atoms with E-state index in [0.717, 1.165) is 6.07 Å². The van der Waals surface area contributed by atoms with Gasteiger partial charge >= 0.3 is 5.97 Å². The van der Waals surface area contributed by atoms with Crippen molar-refractivity contribution < 1.29 is 23.5 Å². The molecular weight excluding hydrogens is 372 g/mol. The summed E-state index contributed by atoms with van der Waals surface area (Å²) in [5.41, 5.74) is 0.0484. The molecule has 132 valence electrons. The van der Waals surface area contributed by atoms with Gasteiger partial charge in [0.15, 0.2) is 6.10 Å². The Labute approximate surface area is 153 Å². The van der Waals surface area contributed by atoms with Gasteiger partial charge in [-0.05, 0) is 37.3 Å². The van der Waals surface area contributed by atoms with E-state index < -0.39 is 23.8 Å². The molecular formula is C17H14Cl2FNO4. The van der Waals surface area contributed by atoms with E-state index in [2.05, 4.69) is 5.32 Å². The molecule has 25 heavy (non-hydrogen) atoms. The fraction of sp³-hybridized carbons (Fsp3) is 0.176. The molecule has 0 fully saturated rings. The van der Waals surface area contributed by atoms with Gasteiger partial charge in [0.05, 0.1) is 12.7 Å². The maximum atomic E-state index is 13.9. The smallest absolute Gasteiger partial charge is 0.341 e. The summed E-state index contributed by atoms with van der Waals surface area (Å²) in [5.74, 6) is -2.12. The van der Waals surface area contributed by atoms with Crippen LogP contribution in [-0.2, 0) is 9.53 Å². The number of ether oxygens (including phenoxy) is 2. The molecule has 1 atom stereocenters. The van der Waals surface area contributed by atoms with Gasteiger partial charge < -0.3 is 14.8 Å². The molecule has 0 aliphatic heterocycles. The Bertz CT molecular complexity index is 793. The van der Waals surface area contributed by atoms with Gasteiger partial charge in [0.25, 0.3) is 5.91 Å². The van der Waals surface area contributed by atoms with E-state index in [1.165, 1.54) is 44.4 Å². The Morgan fingerprint density at radius 2 is 1.76 bits per heavy atom. The zero-order valence-corrected chi connectivity index (χ0v) is 14.8. The fourth-order valence-electron chi connectivity index (χ4n) is 1.94. The molecule has 0 aliphatic carbocycles. The predicted molar refractivity (Wildman–Crippen MR) is 92.9 cm³/mol. The molecule has 2 rings (SSSR count). The van der Waals surface area contributed by atoms with E-state index in [1.54, 1.807) is 0 Å². The number of rotatable bonds is 5. The van der Waals surface area contributed by atoms with Crippen LogP contribution >= 0.6 is 23.2 Å². The second-order valence-electron chi connectivity index (χ2n) is 5.04. The second-order valence-corrected chi connectivity index (χ2v) is 5.91. The third-order valence-corrected chi connectivity index (χ3v) is 3.62. The standard InChI is InChI=1S/C17H14Cl2FNO4/c1-9(16(22)21-12-6-10(18)5-11(19)7-12)25-17(23)14-4-3-13(24-2)8-15(14)20/h3-9H,1-2H3,(H,21,22)/t9-/m0/s1. The predicted octanol–water partition coefficient (Wildman–Crippen LogP) is 4.33. The molecule has 1 amide bonds. The van der Waals surface area contributed by atoms with Crippen LogP contribution < -0.4 is 10.1 Å². The first kappa shape index (κ1) is 19.0. The van der Waals surface area contributed by atoms with Crippen molar-refractivity contribution in [3.05, 3.63) is 57.8 Å². The van der Waals surface area contributed by atoms with Crippen molar-refractivity contribution in [1.82, 2.24) is 0 Å². The Morgan fingerprint density at radius 1 is 1.12 bits per heavy atom. The molecule has 0 saturated carbocycles. The van der Waals surface area contributed by atoms with Crippen molar-refractivity contribution in [2.24, 2.45) is 0 Å². The molecule has 0 heterocycles. The molecule has 0 unspecified atom stereocenters. The summed E-state index contributed by atoms with van der Waals surface area (Å²) in [5, 5.41) is 3.20. The van der Waals surface area contributed by atoms with Crippen LogP contribution in [0, 0.1) is 5.82 Å². The van der Waals surface area contributed by atoms with Crippen LogP contribution in [0.5, 0.6) is 5.75 Å². The molecule has 0 saturated heterocycles. The molecule has 5 nitrogen and oxygen atoms in total. The van der Waals surface area contributed by atoms with Crippen LogP contribution in [0.1, 0.15) is 17.3 Å². The van der Waals surface area contributed by atoms with Crippen molar-refractivity contribution in [2.45, 2.75) is 13.0 Å². The largest absolute Gasteiger partial charge is 0.497 e. The summed E-state index contributed by atoms with van der Waals surface area (Å²) in [6.45, 7) is 1.36. The minimum atomic E-state index is -1.16. The van der Waals surface area contributed by atoms with Crippen LogP contribution in [0.15, 0.2) is 36.4 Å². The number of amides is 1. The third-order valence-electron chi connectivity index (χ3n) is 3.18. The maximum absolute atomic E-state index is 13.9. The molecule has 0 aromatic heterocycles. The van der Waals surface area contributed by atoms with Gasteiger partial charge in [0.2, 0.25) is 0 Å². The number of benzene rings is 2. The Hall–Kier alpha value is -2.31. The molecule has 8 heteroatoms. The molecule has 0 radical (unpaired) electrons. The monoisotopic (exact) mass is 385 g/mol. The first-order chi connectivity index (χ1) is 11.8. The first-order valence-electron chi connectivity index (χ1n) is 7.11. The van der Waals surface area contributed by atoms with Crippen LogP contribution in [-0.4, -0.2) is 25.1 Å². The van der Waals surface area contributed by atoms with Crippen LogP contribution in [0.3, 0.4) is 0 Å². The van der Waals surface area contributed by atoms with E-state index >= 15 is 0 Å². The fourth-order valence-corrected chi connectivity index (χ4v) is 2.46. The highest BCUT2D eigenvalue weighted by Crippen LogP contribution is 2.23. The van der Waals surface area contributed by atoms with Gasteiger partial charge in [-0.25, -0.2) is 9.18 Å². The van der Waals surface area contributed by atoms with Crippen molar-refractivity contribution >= 4 is 40.8 Å². The number of anilines is 1. The van der Waals surface area contributed by atoms with E-state index in [1.807, 2.05) is 0 Å². The molecule has 0 aliphatic rings. The van der Waals surface area contributed by atoms with Crippen LogP contribution in [0.25, 0.3) is 0 Å². The van der Waals surface area contributed by atoms with Gasteiger partial charge in [-0.15, -0.1) is 0 Å². The lowest BCUT2D eigenvalue weighted by Gasteiger charge is -2.14. The minimum Gasteiger partial charge on any atom is -0.497 e. The van der Waals surface area contributed by atoms with Crippen molar-refractivity contribution in [3.63, 3.8) is 0 Å². The maximum Gasteiger partial charge on any atom is 0.341 e. The number of nitrogens with one attached hydrogen (secondary N) is 1. The van der Waals surface area contributed by atoms with Crippen LogP contribution in [0.4, 0.5) is 10.1 Å². The third kappa shape index (κ3) is 5.08. The summed E-state index contributed by atoms with van der Waals surface area (Å²) < 4.78 is 23.7. The second kappa shape index (κ2) is 8.18. The highest BCUT2D eigenvalue weighted by molar-refractivity contribution is 6.35. The Morgan fingerprint density at radius 3 is 2.32 bits per heavy atom. The highest BCUT2D eigenvalue weighted by atomic mass is 35.5. The molecule has 2 aromatic rings. The van der Waals surface area contributed by atoms with Gasteiger partial charge in [-0.3, -0.25) is 4.79 Å². The normalized spacial score (nSPS) is 11.6. The highest BCUT2D eigenvalue weighted by Gasteiger charge is 2.21. The molecule has 2 aromatic carbocycles. The zero-order valence-electron chi connectivity index (χ0n) is 13.3. The summed E-state index contributed by atoms with van der Waals surface area (Å²) in [6, 6.07) is 8.17. The number of methoxy groups -OCH3 is 1. The molecule has 0 spiro atoms. The summed E-state index contributed by atoms with van der Waals surface area (Å²) in [7, 11) is 1.38. The number of hydrogen-bond acceptors (Lipinski definition) is 4. The quantitative estimate of drug-likeness (QED) is 0.778. The van der Waals surface area contributed by atoms with Gasteiger partial charge in [0.1, 0.15) is 11.6 Å². The van der Waals surface area contributed by atoms with Crippen LogP contribution in [0.2, 0.25) is 10.0 Å². The van der Waals surface area contributed by atoms with E-state index in [0.29, 0.717) is 15.7 Å². The summed E-state index contributed by atoms with van der Waals surface area (Å²) in [4.78, 5) is 24.1. The Balaban J connectivity index is 2.04. The summed E-state index contributed by atoms with van der Waals surface area (Å²) >= 11 is 11.7. The first-order valence-corrected chi connectivity index (χ1v) is 7.87. The van der Waals surface area contributed by atoms with E-state index in [9.17, 15) is 14.0 Å². The van der Waals surface area contributed by atoms with Crippen molar-refractivity contribution in [3.8, 4) is 5.75 Å². The zero-order chi connectivity index (χ0) is 18.6. The number of hydrogen-bond donors (Lipinski definition) is 1. The Kier molecular flexibility index (Phi) is 6.22. The van der Waals surface area contributed by atoms with E-state index in [4.69, 9.17) is 32.7 Å². The number of carbonyl (C=O) groups is 2. The number of carbonyl (C=O) groups excluding carboxylic acids is 2. The molecule has 1 N–H and O–H groups in total. The van der Waals surface area contributed by atoms with Crippen molar-refractivity contribution in [1.29, 1.82) is 0 Å². The number of halogens is 3. The average Bonchev–Trinajstić information content (AvgIpc) is 2.53. The molecule has 0 bridgehead atoms. The topological polar surface area (TPSA) is 64.6 Å². The lowest BCUT2D eigenvalue weighted by atomic mass is 10.2. The lowest BCUT2D eigenvalue weighted by molar-refractivity contribution is -0.123. The number of esters is 1. The van der Waals surface area contributed by atoms with Gasteiger partial charge in [-0.1, -0.05) is 23.2 Å². The SMILES string of the molecule is COc1ccc(C(=O)O[C@@H](C)C(=O)Nc2cc(Cl)cc(Cl)c2)c(F)c1.